The van der Waals surface area contributed by atoms with Crippen molar-refractivity contribution in [3.05, 3.63) is 45.3 Å². The summed E-state index contributed by atoms with van der Waals surface area (Å²) in [5, 5.41) is 6.79. The van der Waals surface area contributed by atoms with Crippen molar-refractivity contribution in [1.29, 1.82) is 0 Å². The fraction of sp³-hybridized carbons (Fsp3) is 0.333. The van der Waals surface area contributed by atoms with Gasteiger partial charge in [0, 0.05) is 11.9 Å². The molecule has 0 aliphatic carbocycles. The molecule has 2 rings (SSSR count). The first-order valence-electron chi connectivity index (χ1n) is 6.72. The first kappa shape index (κ1) is 17.8. The number of aromatic nitrogens is 2. The van der Waals surface area contributed by atoms with Gasteiger partial charge in [0.1, 0.15) is 5.54 Å². The van der Waals surface area contributed by atoms with Crippen molar-refractivity contribution in [2.24, 2.45) is 0 Å². The van der Waals surface area contributed by atoms with Gasteiger partial charge in [0.15, 0.2) is 0 Å². The second-order valence-corrected chi connectivity index (χ2v) is 6.89. The molecule has 8 heteroatoms. The van der Waals surface area contributed by atoms with Crippen LogP contribution in [0.15, 0.2) is 30.6 Å². The summed E-state index contributed by atoms with van der Waals surface area (Å²) >= 11 is 2.08. The average molecular weight is 437 g/mol. The standard InChI is InChI=1S/C15H15F3IN3O/c1-9-6-10(15(16,17)18)4-5-12(9)21-13(23)14(2,3)22-8-11(19)7-20-22/h4-8H,1-3H3,(H,21,23). The van der Waals surface area contributed by atoms with E-state index < -0.39 is 17.3 Å². The zero-order valence-corrected chi connectivity index (χ0v) is 14.9. The molecule has 1 amide bonds. The molecule has 0 saturated heterocycles. The first-order valence-corrected chi connectivity index (χ1v) is 7.79. The van der Waals surface area contributed by atoms with Gasteiger partial charge in [0.25, 0.3) is 5.91 Å². The van der Waals surface area contributed by atoms with E-state index in [-0.39, 0.29) is 5.91 Å². The molecular weight excluding hydrogens is 422 g/mol. The van der Waals surface area contributed by atoms with Crippen molar-refractivity contribution >= 4 is 34.2 Å². The Bertz CT molecular complexity index is 738. The minimum atomic E-state index is -4.40. The summed E-state index contributed by atoms with van der Waals surface area (Å²) < 4.78 is 40.4. The number of alkyl halides is 3. The van der Waals surface area contributed by atoms with E-state index in [9.17, 15) is 18.0 Å². The Morgan fingerprint density at radius 2 is 1.96 bits per heavy atom. The van der Waals surface area contributed by atoms with E-state index in [1.54, 1.807) is 26.2 Å². The zero-order chi connectivity index (χ0) is 17.4. The van der Waals surface area contributed by atoms with Crippen LogP contribution in [0.4, 0.5) is 18.9 Å². The number of aryl methyl sites for hydroxylation is 1. The second kappa shape index (κ2) is 6.14. The SMILES string of the molecule is Cc1cc(C(F)(F)F)ccc1NC(=O)C(C)(C)n1cc(I)cn1. The first-order chi connectivity index (χ1) is 10.5. The third-order valence-corrected chi connectivity index (χ3v) is 4.04. The number of nitrogens with zero attached hydrogens (tertiary/aromatic N) is 2. The van der Waals surface area contributed by atoms with Crippen LogP contribution in [0, 0.1) is 10.5 Å². The van der Waals surface area contributed by atoms with Crippen molar-refractivity contribution in [2.75, 3.05) is 5.32 Å². The smallest absolute Gasteiger partial charge is 0.324 e. The van der Waals surface area contributed by atoms with Crippen LogP contribution in [0.5, 0.6) is 0 Å². The van der Waals surface area contributed by atoms with Gasteiger partial charge in [-0.2, -0.15) is 18.3 Å². The van der Waals surface area contributed by atoms with Crippen LogP contribution in [-0.4, -0.2) is 15.7 Å². The normalized spacial score (nSPS) is 12.3. The molecule has 0 aliphatic heterocycles. The highest BCUT2D eigenvalue weighted by molar-refractivity contribution is 14.1. The number of halogens is 4. The molecule has 0 fully saturated rings. The molecule has 1 N–H and O–H groups in total. The number of hydrogen-bond acceptors (Lipinski definition) is 2. The molecule has 4 nitrogen and oxygen atoms in total. The number of hydrogen-bond donors (Lipinski definition) is 1. The van der Waals surface area contributed by atoms with Crippen LogP contribution in [0.1, 0.15) is 25.0 Å². The van der Waals surface area contributed by atoms with Crippen molar-refractivity contribution in [2.45, 2.75) is 32.5 Å². The molecule has 2 aromatic rings. The molecule has 0 unspecified atom stereocenters. The Morgan fingerprint density at radius 1 is 1.30 bits per heavy atom. The third-order valence-electron chi connectivity index (χ3n) is 3.48. The van der Waals surface area contributed by atoms with Crippen LogP contribution in [-0.2, 0) is 16.5 Å². The molecule has 1 aromatic heterocycles. The van der Waals surface area contributed by atoms with E-state index in [2.05, 4.69) is 33.0 Å². The van der Waals surface area contributed by atoms with Gasteiger partial charge in [0.05, 0.1) is 15.3 Å². The van der Waals surface area contributed by atoms with Gasteiger partial charge in [-0.15, -0.1) is 0 Å². The maximum Gasteiger partial charge on any atom is 0.416 e. The number of rotatable bonds is 3. The molecule has 1 aromatic carbocycles. The lowest BCUT2D eigenvalue weighted by molar-refractivity contribution is -0.137. The van der Waals surface area contributed by atoms with E-state index in [1.165, 1.54) is 17.7 Å². The highest BCUT2D eigenvalue weighted by atomic mass is 127. The van der Waals surface area contributed by atoms with Crippen LogP contribution >= 0.6 is 22.6 Å². The summed E-state index contributed by atoms with van der Waals surface area (Å²) in [6.45, 7) is 4.89. The lowest BCUT2D eigenvalue weighted by Gasteiger charge is -2.25. The van der Waals surface area contributed by atoms with Gasteiger partial charge in [-0.25, -0.2) is 0 Å². The number of benzene rings is 1. The Hall–Kier alpha value is -1.58. The molecule has 0 saturated carbocycles. The van der Waals surface area contributed by atoms with Gasteiger partial charge in [-0.1, -0.05) is 0 Å². The number of amides is 1. The fourth-order valence-electron chi connectivity index (χ4n) is 1.97. The zero-order valence-electron chi connectivity index (χ0n) is 12.7. The number of nitrogens with one attached hydrogen (secondary N) is 1. The number of carbonyl (C=O) groups is 1. The molecule has 0 radical (unpaired) electrons. The van der Waals surface area contributed by atoms with Crippen LogP contribution in [0.3, 0.4) is 0 Å². The topological polar surface area (TPSA) is 46.9 Å². The molecule has 124 valence electrons. The molecule has 1 heterocycles. The summed E-state index contributed by atoms with van der Waals surface area (Å²) in [4.78, 5) is 12.5. The van der Waals surface area contributed by atoms with Crippen molar-refractivity contribution in [3.63, 3.8) is 0 Å². The largest absolute Gasteiger partial charge is 0.416 e. The predicted octanol–water partition coefficient (Wildman–Crippen LogP) is 4.19. The lowest BCUT2D eigenvalue weighted by Crippen LogP contribution is -2.40. The highest BCUT2D eigenvalue weighted by Gasteiger charge is 2.33. The summed E-state index contributed by atoms with van der Waals surface area (Å²) in [5.41, 5.74) is -1.02. The molecule has 0 bridgehead atoms. The average Bonchev–Trinajstić information content (AvgIpc) is 2.87. The predicted molar refractivity (Wildman–Crippen MR) is 89.1 cm³/mol. The van der Waals surface area contributed by atoms with Crippen molar-refractivity contribution in [1.82, 2.24) is 9.78 Å². The highest BCUT2D eigenvalue weighted by Crippen LogP contribution is 2.32. The minimum Gasteiger partial charge on any atom is -0.324 e. The summed E-state index contributed by atoms with van der Waals surface area (Å²) in [5.74, 6) is -0.361. The molecule has 0 atom stereocenters. The Balaban J connectivity index is 2.23. The molecular formula is C15H15F3IN3O. The van der Waals surface area contributed by atoms with E-state index >= 15 is 0 Å². The Labute approximate surface area is 145 Å². The minimum absolute atomic E-state index is 0.345. The Morgan fingerprint density at radius 3 is 2.43 bits per heavy atom. The quantitative estimate of drug-likeness (QED) is 0.733. The third kappa shape index (κ3) is 3.85. The maximum absolute atomic E-state index is 12.7. The molecule has 0 spiro atoms. The maximum atomic E-state index is 12.7. The summed E-state index contributed by atoms with van der Waals surface area (Å²) in [6.07, 6.45) is -1.06. The van der Waals surface area contributed by atoms with Crippen molar-refractivity contribution in [3.8, 4) is 0 Å². The van der Waals surface area contributed by atoms with Gasteiger partial charge < -0.3 is 5.32 Å². The van der Waals surface area contributed by atoms with Gasteiger partial charge in [0.2, 0.25) is 0 Å². The van der Waals surface area contributed by atoms with Crippen molar-refractivity contribution < 1.29 is 18.0 Å². The monoisotopic (exact) mass is 437 g/mol. The lowest BCUT2D eigenvalue weighted by atomic mass is 10.0. The van der Waals surface area contributed by atoms with Gasteiger partial charge >= 0.3 is 6.18 Å². The Kier molecular flexibility index (Phi) is 4.74. The van der Waals surface area contributed by atoms with E-state index in [0.717, 1.165) is 15.7 Å². The molecule has 23 heavy (non-hydrogen) atoms. The van der Waals surface area contributed by atoms with Crippen LogP contribution < -0.4 is 5.32 Å². The van der Waals surface area contributed by atoms with Gasteiger partial charge in [-0.3, -0.25) is 9.48 Å². The van der Waals surface area contributed by atoms with E-state index in [1.807, 2.05) is 0 Å². The summed E-state index contributed by atoms with van der Waals surface area (Å²) in [7, 11) is 0. The molecule has 0 aliphatic rings. The number of carbonyl (C=O) groups excluding carboxylic acids is 1. The summed E-state index contributed by atoms with van der Waals surface area (Å²) in [6, 6.07) is 3.23. The van der Waals surface area contributed by atoms with E-state index in [0.29, 0.717) is 11.3 Å². The van der Waals surface area contributed by atoms with Gasteiger partial charge in [-0.05, 0) is 67.1 Å². The number of anilines is 1. The second-order valence-electron chi connectivity index (χ2n) is 5.64. The van der Waals surface area contributed by atoms with Crippen LogP contribution in [0.25, 0.3) is 0 Å². The van der Waals surface area contributed by atoms with E-state index in [4.69, 9.17) is 0 Å². The van der Waals surface area contributed by atoms with Crippen LogP contribution in [0.2, 0.25) is 0 Å². The fourth-order valence-corrected chi connectivity index (χ4v) is 2.35.